The first kappa shape index (κ1) is 16.8. The number of benzene rings is 2. The Morgan fingerprint density at radius 1 is 1.00 bits per heavy atom. The summed E-state index contributed by atoms with van der Waals surface area (Å²) >= 11 is 12.5. The van der Waals surface area contributed by atoms with Crippen LogP contribution in [0.1, 0.15) is 35.1 Å². The number of allylic oxidation sites excluding steroid dienone is 2. The van der Waals surface area contributed by atoms with Crippen molar-refractivity contribution in [2.24, 2.45) is 5.92 Å². The lowest BCUT2D eigenvalue weighted by Crippen LogP contribution is -2.31. The SMILES string of the molecule is FC(F)(F)c1ccccc1[C@@H]1Nc2c(ccc(Cl)c2Cl)[C@H]2C=CC[C@H]21. The van der Waals surface area contributed by atoms with Crippen molar-refractivity contribution in [1.29, 1.82) is 0 Å². The van der Waals surface area contributed by atoms with Gasteiger partial charge in [-0.1, -0.05) is 59.6 Å². The third-order valence-electron chi connectivity index (χ3n) is 5.03. The van der Waals surface area contributed by atoms with Crippen LogP contribution in [0.4, 0.5) is 18.9 Å². The Kier molecular flexibility index (Phi) is 4.00. The zero-order chi connectivity index (χ0) is 17.8. The molecular weight excluding hydrogens is 370 g/mol. The van der Waals surface area contributed by atoms with Gasteiger partial charge in [-0.25, -0.2) is 0 Å². The highest BCUT2D eigenvalue weighted by Crippen LogP contribution is 2.53. The van der Waals surface area contributed by atoms with Crippen molar-refractivity contribution in [3.8, 4) is 0 Å². The summed E-state index contributed by atoms with van der Waals surface area (Å²) in [5.41, 5.74) is 1.24. The molecule has 0 radical (unpaired) electrons. The summed E-state index contributed by atoms with van der Waals surface area (Å²) in [5, 5.41) is 3.99. The van der Waals surface area contributed by atoms with Crippen LogP contribution in [0.15, 0.2) is 48.6 Å². The predicted molar refractivity (Wildman–Crippen MR) is 94.3 cm³/mol. The largest absolute Gasteiger partial charge is 0.416 e. The number of fused-ring (bicyclic) bond motifs is 3. The molecular formula is C19H14Cl2F3N. The zero-order valence-corrected chi connectivity index (χ0v) is 14.5. The van der Waals surface area contributed by atoms with Gasteiger partial charge < -0.3 is 5.32 Å². The predicted octanol–water partition coefficient (Wildman–Crippen LogP) is 6.84. The number of hydrogen-bond donors (Lipinski definition) is 1. The first-order valence-electron chi connectivity index (χ1n) is 7.95. The highest BCUT2D eigenvalue weighted by atomic mass is 35.5. The molecule has 0 fully saturated rings. The van der Waals surface area contributed by atoms with E-state index in [4.69, 9.17) is 23.2 Å². The Morgan fingerprint density at radius 3 is 2.52 bits per heavy atom. The van der Waals surface area contributed by atoms with Crippen LogP contribution >= 0.6 is 23.2 Å². The molecule has 1 aliphatic carbocycles. The molecule has 6 heteroatoms. The average Bonchev–Trinajstić information content (AvgIpc) is 3.06. The van der Waals surface area contributed by atoms with Crippen LogP contribution in [0.25, 0.3) is 0 Å². The molecule has 4 rings (SSSR count). The normalized spacial score (nSPS) is 24.6. The second-order valence-electron chi connectivity index (χ2n) is 6.39. The molecule has 2 aliphatic rings. The number of nitrogens with one attached hydrogen (secondary N) is 1. The van der Waals surface area contributed by atoms with E-state index in [0.717, 1.165) is 11.6 Å². The van der Waals surface area contributed by atoms with E-state index in [1.165, 1.54) is 6.07 Å². The molecule has 1 heterocycles. The molecule has 1 nitrogen and oxygen atoms in total. The summed E-state index contributed by atoms with van der Waals surface area (Å²) in [6.07, 6.45) is 0.391. The van der Waals surface area contributed by atoms with Crippen LogP contribution in [0.2, 0.25) is 10.0 Å². The molecule has 2 aromatic rings. The number of alkyl halides is 3. The maximum atomic E-state index is 13.5. The summed E-state index contributed by atoms with van der Waals surface area (Å²) in [6, 6.07) is 8.87. The van der Waals surface area contributed by atoms with E-state index in [9.17, 15) is 13.2 Å². The van der Waals surface area contributed by atoms with Gasteiger partial charge in [0.2, 0.25) is 0 Å². The van der Waals surface area contributed by atoms with Gasteiger partial charge in [-0.2, -0.15) is 13.2 Å². The van der Waals surface area contributed by atoms with Gasteiger partial charge in [0.15, 0.2) is 0 Å². The highest BCUT2D eigenvalue weighted by molar-refractivity contribution is 6.43. The van der Waals surface area contributed by atoms with Crippen molar-refractivity contribution in [3.63, 3.8) is 0 Å². The Balaban J connectivity index is 1.87. The van der Waals surface area contributed by atoms with Gasteiger partial charge in [0.1, 0.15) is 0 Å². The van der Waals surface area contributed by atoms with Gasteiger partial charge in [-0.15, -0.1) is 0 Å². The Morgan fingerprint density at radius 2 is 1.76 bits per heavy atom. The molecule has 0 aromatic heterocycles. The van der Waals surface area contributed by atoms with E-state index in [1.807, 2.05) is 12.1 Å². The van der Waals surface area contributed by atoms with Crippen LogP contribution in [0.5, 0.6) is 0 Å². The molecule has 0 spiro atoms. The van der Waals surface area contributed by atoms with Crippen LogP contribution in [-0.4, -0.2) is 0 Å². The van der Waals surface area contributed by atoms with Crippen molar-refractivity contribution in [3.05, 3.63) is 75.3 Å². The summed E-state index contributed by atoms with van der Waals surface area (Å²) < 4.78 is 40.5. The number of anilines is 1. The van der Waals surface area contributed by atoms with Gasteiger partial charge in [-0.3, -0.25) is 0 Å². The molecule has 130 valence electrons. The summed E-state index contributed by atoms with van der Waals surface area (Å²) in [7, 11) is 0. The number of hydrogen-bond acceptors (Lipinski definition) is 1. The van der Waals surface area contributed by atoms with Crippen molar-refractivity contribution in [1.82, 2.24) is 0 Å². The highest BCUT2D eigenvalue weighted by Gasteiger charge is 2.43. The zero-order valence-electron chi connectivity index (χ0n) is 12.9. The second-order valence-corrected chi connectivity index (χ2v) is 7.17. The van der Waals surface area contributed by atoms with Gasteiger partial charge in [0.05, 0.1) is 27.3 Å². The van der Waals surface area contributed by atoms with Crippen molar-refractivity contribution in [2.75, 3.05) is 5.32 Å². The standard InChI is InChI=1S/C19H14Cl2F3N/c20-15-9-8-12-10-5-3-6-11(10)17(25-18(12)16(15)21)13-4-1-2-7-14(13)19(22,23)24/h1-5,7-11,17,25H,6H2/t10-,11+,17+/m0/s1. The summed E-state index contributed by atoms with van der Waals surface area (Å²) in [4.78, 5) is 0. The Hall–Kier alpha value is -1.65. The van der Waals surface area contributed by atoms with E-state index in [1.54, 1.807) is 18.2 Å². The number of rotatable bonds is 1. The lowest BCUT2D eigenvalue weighted by atomic mass is 9.76. The van der Waals surface area contributed by atoms with Crippen molar-refractivity contribution < 1.29 is 13.2 Å². The third kappa shape index (κ3) is 2.72. The molecule has 0 saturated heterocycles. The lowest BCUT2D eigenvalue weighted by Gasteiger charge is -2.39. The maximum absolute atomic E-state index is 13.5. The quantitative estimate of drug-likeness (QED) is 0.531. The molecule has 3 atom stereocenters. The molecule has 25 heavy (non-hydrogen) atoms. The van der Waals surface area contributed by atoms with Crippen molar-refractivity contribution in [2.45, 2.75) is 24.6 Å². The van der Waals surface area contributed by atoms with Crippen molar-refractivity contribution >= 4 is 28.9 Å². The first-order chi connectivity index (χ1) is 11.9. The number of halogens is 5. The molecule has 0 saturated carbocycles. The lowest BCUT2D eigenvalue weighted by molar-refractivity contribution is -0.138. The van der Waals surface area contributed by atoms with Gasteiger partial charge in [0.25, 0.3) is 0 Å². The van der Waals surface area contributed by atoms with E-state index in [-0.39, 0.29) is 17.4 Å². The monoisotopic (exact) mass is 383 g/mol. The smallest absolute Gasteiger partial charge is 0.376 e. The topological polar surface area (TPSA) is 12.0 Å². The van der Waals surface area contributed by atoms with Crippen LogP contribution in [-0.2, 0) is 6.18 Å². The van der Waals surface area contributed by atoms with Crippen LogP contribution in [0, 0.1) is 5.92 Å². The fourth-order valence-electron chi connectivity index (χ4n) is 3.94. The summed E-state index contributed by atoms with van der Waals surface area (Å²) in [5.74, 6) is 0.0329. The van der Waals surface area contributed by atoms with Gasteiger partial charge in [0, 0.05) is 5.92 Å². The molecule has 1 aliphatic heterocycles. The summed E-state index contributed by atoms with van der Waals surface area (Å²) in [6.45, 7) is 0. The fourth-order valence-corrected chi connectivity index (χ4v) is 4.32. The first-order valence-corrected chi connectivity index (χ1v) is 8.70. The maximum Gasteiger partial charge on any atom is 0.416 e. The minimum absolute atomic E-state index is 0.00763. The van der Waals surface area contributed by atoms with E-state index >= 15 is 0 Å². The van der Waals surface area contributed by atoms with E-state index in [0.29, 0.717) is 22.2 Å². The molecule has 1 N–H and O–H groups in total. The van der Waals surface area contributed by atoms with Crippen LogP contribution in [0.3, 0.4) is 0 Å². The van der Waals surface area contributed by atoms with Gasteiger partial charge >= 0.3 is 6.18 Å². The minimum atomic E-state index is -4.40. The molecule has 0 unspecified atom stereocenters. The Bertz CT molecular complexity index is 860. The van der Waals surface area contributed by atoms with E-state index < -0.39 is 17.8 Å². The second kappa shape index (κ2) is 5.96. The third-order valence-corrected chi connectivity index (χ3v) is 5.83. The average molecular weight is 384 g/mol. The van der Waals surface area contributed by atoms with Crippen LogP contribution < -0.4 is 5.32 Å². The molecule has 2 aromatic carbocycles. The Labute approximate surface area is 153 Å². The minimum Gasteiger partial charge on any atom is -0.376 e. The van der Waals surface area contributed by atoms with E-state index in [2.05, 4.69) is 11.4 Å². The molecule has 0 amide bonds. The van der Waals surface area contributed by atoms with Gasteiger partial charge in [-0.05, 0) is 35.6 Å². The molecule has 0 bridgehead atoms. The fraction of sp³-hybridized carbons (Fsp3) is 0.263.